The fourth-order valence-electron chi connectivity index (χ4n) is 3.52. The maximum atomic E-state index is 13.0. The Morgan fingerprint density at radius 1 is 1.15 bits per heavy atom. The zero-order chi connectivity index (χ0) is 24.8. The van der Waals surface area contributed by atoms with Gasteiger partial charge in [0, 0.05) is 0 Å². The molecular formula is C24H33ClN2O5S. The Kier molecular flexibility index (Phi) is 9.03. The number of nitrogens with zero attached hydrogens (tertiary/aromatic N) is 1. The number of halogens is 1. The van der Waals surface area contributed by atoms with Crippen molar-refractivity contribution in [3.63, 3.8) is 0 Å². The number of para-hydroxylation sites is 1. The van der Waals surface area contributed by atoms with Crippen molar-refractivity contribution in [2.24, 2.45) is 0 Å². The summed E-state index contributed by atoms with van der Waals surface area (Å²) in [6, 6.07) is 11.5. The second kappa shape index (κ2) is 11.1. The van der Waals surface area contributed by atoms with Gasteiger partial charge in [-0.05, 0) is 41.7 Å². The van der Waals surface area contributed by atoms with Crippen LogP contribution in [0.25, 0.3) is 0 Å². The van der Waals surface area contributed by atoms with Gasteiger partial charge in [-0.3, -0.25) is 9.10 Å². The maximum absolute atomic E-state index is 13.0. The summed E-state index contributed by atoms with van der Waals surface area (Å²) in [5, 5.41) is 3.05. The summed E-state index contributed by atoms with van der Waals surface area (Å²) in [5.74, 6) is 0.763. The Labute approximate surface area is 202 Å². The minimum absolute atomic E-state index is 0.0806. The van der Waals surface area contributed by atoms with E-state index in [2.05, 4.69) is 26.1 Å². The number of hydrogen-bond acceptors (Lipinski definition) is 5. The number of rotatable bonds is 10. The SMILES string of the molecule is CC[C@H](C(=O)NCCOc1ccccc1C(C)(C)C)N(c1ccc(OC)c(Cl)c1)S(C)(=O)=O. The molecule has 0 unspecified atom stereocenters. The third-order valence-corrected chi connectivity index (χ3v) is 6.55. The minimum atomic E-state index is -3.76. The molecule has 0 aromatic heterocycles. The molecule has 0 heterocycles. The van der Waals surface area contributed by atoms with Crippen molar-refractivity contribution in [3.05, 3.63) is 53.1 Å². The second-order valence-corrected chi connectivity index (χ2v) is 11.0. The van der Waals surface area contributed by atoms with Crippen molar-refractivity contribution in [1.29, 1.82) is 0 Å². The lowest BCUT2D eigenvalue weighted by Gasteiger charge is -2.30. The van der Waals surface area contributed by atoms with E-state index >= 15 is 0 Å². The Morgan fingerprint density at radius 3 is 2.36 bits per heavy atom. The van der Waals surface area contributed by atoms with Crippen LogP contribution in [0.15, 0.2) is 42.5 Å². The molecule has 1 amide bonds. The Morgan fingerprint density at radius 2 is 1.82 bits per heavy atom. The van der Waals surface area contributed by atoms with Gasteiger partial charge in [-0.15, -0.1) is 0 Å². The van der Waals surface area contributed by atoms with Crippen LogP contribution >= 0.6 is 11.6 Å². The van der Waals surface area contributed by atoms with E-state index in [0.717, 1.165) is 21.9 Å². The molecule has 0 saturated heterocycles. The van der Waals surface area contributed by atoms with E-state index in [1.807, 2.05) is 24.3 Å². The predicted molar refractivity (Wildman–Crippen MR) is 133 cm³/mol. The third kappa shape index (κ3) is 7.01. The number of ether oxygens (including phenoxy) is 2. The number of amides is 1. The number of hydrogen-bond donors (Lipinski definition) is 1. The molecule has 2 aromatic carbocycles. The fraction of sp³-hybridized carbons (Fsp3) is 0.458. The highest BCUT2D eigenvalue weighted by molar-refractivity contribution is 7.92. The first-order chi connectivity index (χ1) is 15.4. The zero-order valence-corrected chi connectivity index (χ0v) is 21.6. The molecule has 9 heteroatoms. The number of nitrogens with one attached hydrogen (secondary N) is 1. The topological polar surface area (TPSA) is 84.9 Å². The Bertz CT molecular complexity index is 1070. The van der Waals surface area contributed by atoms with Crippen molar-refractivity contribution in [1.82, 2.24) is 5.32 Å². The largest absolute Gasteiger partial charge is 0.495 e. The van der Waals surface area contributed by atoms with Gasteiger partial charge in [0.05, 0.1) is 30.6 Å². The first-order valence-corrected chi connectivity index (χ1v) is 13.0. The van der Waals surface area contributed by atoms with Crippen LogP contribution in [0.4, 0.5) is 5.69 Å². The Hall–Kier alpha value is -2.45. The Balaban J connectivity index is 2.12. The molecule has 0 fully saturated rings. The van der Waals surface area contributed by atoms with Crippen LogP contribution < -0.4 is 19.1 Å². The van der Waals surface area contributed by atoms with Crippen molar-refractivity contribution >= 4 is 33.2 Å². The summed E-state index contributed by atoms with van der Waals surface area (Å²) >= 11 is 6.19. The van der Waals surface area contributed by atoms with Gasteiger partial charge in [0.2, 0.25) is 15.9 Å². The maximum Gasteiger partial charge on any atom is 0.244 e. The average Bonchev–Trinajstić information content (AvgIpc) is 2.73. The van der Waals surface area contributed by atoms with E-state index in [0.29, 0.717) is 11.4 Å². The average molecular weight is 497 g/mol. The number of sulfonamides is 1. The smallest absolute Gasteiger partial charge is 0.244 e. The van der Waals surface area contributed by atoms with Crippen LogP contribution in [-0.4, -0.2) is 46.9 Å². The lowest BCUT2D eigenvalue weighted by atomic mass is 9.86. The third-order valence-electron chi connectivity index (χ3n) is 5.07. The van der Waals surface area contributed by atoms with E-state index in [4.69, 9.17) is 21.1 Å². The molecule has 0 aliphatic rings. The number of carbonyl (C=O) groups is 1. The van der Waals surface area contributed by atoms with Crippen molar-refractivity contribution in [2.45, 2.75) is 45.6 Å². The molecular weight excluding hydrogens is 464 g/mol. The molecule has 0 aliphatic carbocycles. The molecule has 182 valence electrons. The van der Waals surface area contributed by atoms with Gasteiger partial charge in [0.15, 0.2) is 0 Å². The van der Waals surface area contributed by atoms with E-state index in [1.165, 1.54) is 13.2 Å². The summed E-state index contributed by atoms with van der Waals surface area (Å²) in [5.41, 5.74) is 1.28. The van der Waals surface area contributed by atoms with Crippen molar-refractivity contribution in [2.75, 3.05) is 30.8 Å². The summed E-state index contributed by atoms with van der Waals surface area (Å²) in [6.07, 6.45) is 1.34. The van der Waals surface area contributed by atoms with Gasteiger partial charge in [-0.1, -0.05) is 57.5 Å². The summed E-state index contributed by atoms with van der Waals surface area (Å²) in [7, 11) is -2.29. The highest BCUT2D eigenvalue weighted by atomic mass is 35.5. The van der Waals surface area contributed by atoms with Gasteiger partial charge in [-0.25, -0.2) is 8.42 Å². The van der Waals surface area contributed by atoms with E-state index < -0.39 is 22.0 Å². The van der Waals surface area contributed by atoms with Crippen LogP contribution in [0.2, 0.25) is 5.02 Å². The minimum Gasteiger partial charge on any atom is -0.495 e. The summed E-state index contributed by atoms with van der Waals surface area (Å²) < 4.78 is 37.3. The van der Waals surface area contributed by atoms with Crippen LogP contribution in [0, 0.1) is 0 Å². The zero-order valence-electron chi connectivity index (χ0n) is 20.0. The van der Waals surface area contributed by atoms with Crippen molar-refractivity contribution < 1.29 is 22.7 Å². The molecule has 1 N–H and O–H groups in total. The first-order valence-electron chi connectivity index (χ1n) is 10.7. The van der Waals surface area contributed by atoms with Gasteiger partial charge in [-0.2, -0.15) is 0 Å². The molecule has 0 saturated carbocycles. The van der Waals surface area contributed by atoms with E-state index in [1.54, 1.807) is 19.1 Å². The molecule has 33 heavy (non-hydrogen) atoms. The van der Waals surface area contributed by atoms with Crippen molar-refractivity contribution in [3.8, 4) is 11.5 Å². The normalized spacial score (nSPS) is 12.7. The molecule has 2 aromatic rings. The molecule has 7 nitrogen and oxygen atoms in total. The lowest BCUT2D eigenvalue weighted by Crippen LogP contribution is -2.50. The van der Waals surface area contributed by atoms with E-state index in [-0.39, 0.29) is 30.0 Å². The number of anilines is 1. The van der Waals surface area contributed by atoms with Gasteiger partial charge in [0.1, 0.15) is 24.1 Å². The first kappa shape index (κ1) is 26.8. The standard InChI is InChI=1S/C24H33ClN2O5S/c1-7-20(27(33(6,29)30)17-12-13-22(31-5)19(25)16-17)23(28)26-14-15-32-21-11-9-8-10-18(21)24(2,3)4/h8-13,16,20H,7,14-15H2,1-6H3,(H,26,28)/t20-/m1/s1. The van der Waals surface area contributed by atoms with Crippen LogP contribution in [0.5, 0.6) is 11.5 Å². The van der Waals surface area contributed by atoms with Gasteiger partial charge < -0.3 is 14.8 Å². The van der Waals surface area contributed by atoms with Gasteiger partial charge in [0.25, 0.3) is 0 Å². The van der Waals surface area contributed by atoms with E-state index in [9.17, 15) is 13.2 Å². The highest BCUT2D eigenvalue weighted by Crippen LogP contribution is 2.32. The quantitative estimate of drug-likeness (QED) is 0.493. The molecule has 1 atom stereocenters. The molecule has 0 spiro atoms. The fourth-order valence-corrected chi connectivity index (χ4v) is 4.97. The van der Waals surface area contributed by atoms with Crippen LogP contribution in [0.3, 0.4) is 0 Å². The predicted octanol–water partition coefficient (Wildman–Crippen LogP) is 4.39. The highest BCUT2D eigenvalue weighted by Gasteiger charge is 2.31. The van der Waals surface area contributed by atoms with Crippen LogP contribution in [0.1, 0.15) is 39.7 Å². The van der Waals surface area contributed by atoms with Crippen LogP contribution in [-0.2, 0) is 20.2 Å². The monoisotopic (exact) mass is 496 g/mol. The second-order valence-electron chi connectivity index (χ2n) is 8.69. The number of benzene rings is 2. The van der Waals surface area contributed by atoms with Gasteiger partial charge >= 0.3 is 0 Å². The number of carbonyl (C=O) groups excluding carboxylic acids is 1. The molecule has 2 rings (SSSR count). The molecule has 0 aliphatic heterocycles. The lowest BCUT2D eigenvalue weighted by molar-refractivity contribution is -0.122. The molecule has 0 radical (unpaired) electrons. The number of methoxy groups -OCH3 is 1. The molecule has 0 bridgehead atoms. The summed E-state index contributed by atoms with van der Waals surface area (Å²) in [4.78, 5) is 13.0. The summed E-state index contributed by atoms with van der Waals surface area (Å²) in [6.45, 7) is 8.55.